The molecule has 1 spiro atoms. The molecule has 0 amide bonds. The molecule has 0 N–H and O–H groups in total. The summed E-state index contributed by atoms with van der Waals surface area (Å²) < 4.78 is 45.8. The molecule has 20 rings (SSSR count). The zero-order valence-electron chi connectivity index (χ0n) is 67.7. The molecule has 0 saturated heterocycles. The minimum Gasteiger partial charge on any atom is -0.457 e. The summed E-state index contributed by atoms with van der Waals surface area (Å²) in [6, 6.07) is 130. The highest BCUT2D eigenvalue weighted by Crippen LogP contribution is 2.65. The maximum atomic E-state index is 16.5. The summed E-state index contributed by atoms with van der Waals surface area (Å²) in [6.45, 7) is 21.5. The van der Waals surface area contributed by atoms with Crippen LogP contribution in [0.25, 0.3) is 56.7 Å². The Bertz CT molecular complexity index is 6670. The number of fused-ring (bicyclic) bond motifs is 16. The second-order valence-electron chi connectivity index (χ2n) is 34.5. The summed E-state index contributed by atoms with van der Waals surface area (Å²) in [7, 11) is 0. The van der Waals surface area contributed by atoms with Crippen LogP contribution >= 0.6 is 0 Å². The number of hydrogen-bond donors (Lipinski definition) is 0. The standard InChI is InChI=1S/C114H89F2NO2/c1-9-73-33-54-89(55-34-73)118-91-58-48-82(49-59-91)112(80-44-40-78(41-45-80)110(3,4)5)102-29-15-11-25-94(102)99-64-39-77(69-107(99)112)93(76-21-19-22-84(115)68-76)62-37-75-38-63-98-96-27-13-17-31-104(96)114(106(98)67-75)105-32-18-14-28-97(105)101-66-53-88(72-109(101)114)117(86-24-20-23-85(116)70-86)87-52-65-100-95-26-12-16-30-103(95)113(108(100)71-87,81-46-42-79(43-47-81)111(6,7)8)83-50-60-92(61-51-83)119-90-56-35-74(10-2)36-57-90/h9-36,38-61,63-72,93H,1-2,37,62H2,3-8H3. The zero-order chi connectivity index (χ0) is 81.1. The van der Waals surface area contributed by atoms with E-state index in [0.29, 0.717) is 18.5 Å². The van der Waals surface area contributed by atoms with Gasteiger partial charge in [0.15, 0.2) is 0 Å². The minimum atomic E-state index is -0.810. The molecule has 4 atom stereocenters. The molecule has 4 aliphatic carbocycles. The molecule has 16 aromatic carbocycles. The van der Waals surface area contributed by atoms with Gasteiger partial charge in [0.05, 0.1) is 16.2 Å². The number of rotatable bonds is 18. The monoisotopic (exact) mass is 1540 g/mol. The third-order valence-corrected chi connectivity index (χ3v) is 25.8. The molecule has 119 heavy (non-hydrogen) atoms. The third kappa shape index (κ3) is 12.2. The van der Waals surface area contributed by atoms with Crippen LogP contribution in [-0.2, 0) is 33.5 Å². The van der Waals surface area contributed by atoms with E-state index in [2.05, 4.69) is 333 Å². The van der Waals surface area contributed by atoms with Crippen LogP contribution in [0.3, 0.4) is 0 Å². The van der Waals surface area contributed by atoms with E-state index >= 15 is 8.78 Å². The molecule has 5 heteroatoms. The maximum Gasteiger partial charge on any atom is 0.127 e. The van der Waals surface area contributed by atoms with Gasteiger partial charge in [-0.3, -0.25) is 0 Å². The van der Waals surface area contributed by atoms with Crippen LogP contribution in [0.5, 0.6) is 23.0 Å². The van der Waals surface area contributed by atoms with E-state index in [9.17, 15) is 0 Å². The summed E-state index contributed by atoms with van der Waals surface area (Å²) in [5, 5.41) is 0. The molecule has 4 aliphatic rings. The summed E-state index contributed by atoms with van der Waals surface area (Å²) in [5.41, 5.74) is 31.0. The lowest BCUT2D eigenvalue weighted by Crippen LogP contribution is -2.29. The minimum absolute atomic E-state index is 0.0679. The van der Waals surface area contributed by atoms with E-state index in [-0.39, 0.29) is 28.4 Å². The zero-order valence-corrected chi connectivity index (χ0v) is 67.7. The molecular weight excluding hydrogens is 1450 g/mol. The van der Waals surface area contributed by atoms with Gasteiger partial charge < -0.3 is 14.4 Å². The molecule has 0 fully saturated rings. The molecule has 576 valence electrons. The van der Waals surface area contributed by atoms with Crippen molar-refractivity contribution in [1.29, 1.82) is 0 Å². The quantitative estimate of drug-likeness (QED) is 0.0855. The number of hydrogen-bond acceptors (Lipinski definition) is 3. The lowest BCUT2D eigenvalue weighted by atomic mass is 9.66. The van der Waals surface area contributed by atoms with Gasteiger partial charge in [0.1, 0.15) is 34.6 Å². The Morgan fingerprint density at radius 2 is 0.639 bits per heavy atom. The average Bonchev–Trinajstić information content (AvgIpc) is 1.51. The van der Waals surface area contributed by atoms with Crippen LogP contribution in [0.4, 0.5) is 25.8 Å². The second-order valence-corrected chi connectivity index (χ2v) is 34.5. The van der Waals surface area contributed by atoms with Crippen molar-refractivity contribution < 1.29 is 18.3 Å². The first-order valence-electron chi connectivity index (χ1n) is 41.4. The Labute approximate surface area is 697 Å². The Morgan fingerprint density at radius 3 is 1.06 bits per heavy atom. The second kappa shape index (κ2) is 28.9. The molecule has 0 bridgehead atoms. The summed E-state index contributed by atoms with van der Waals surface area (Å²) in [5.74, 6) is 2.14. The lowest BCUT2D eigenvalue weighted by Gasteiger charge is -2.35. The van der Waals surface area contributed by atoms with E-state index in [0.717, 1.165) is 107 Å². The molecular formula is C114H89F2NO2. The van der Waals surface area contributed by atoms with Crippen LogP contribution in [0.1, 0.15) is 160 Å². The van der Waals surface area contributed by atoms with Crippen molar-refractivity contribution in [2.24, 2.45) is 0 Å². The highest BCUT2D eigenvalue weighted by atomic mass is 19.1. The van der Waals surface area contributed by atoms with E-state index in [1.54, 1.807) is 18.2 Å². The van der Waals surface area contributed by atoms with Crippen LogP contribution in [0.2, 0.25) is 0 Å². The van der Waals surface area contributed by atoms with Gasteiger partial charge in [-0.05, 0) is 277 Å². The molecule has 0 heterocycles. The molecule has 0 saturated carbocycles. The van der Waals surface area contributed by atoms with Crippen molar-refractivity contribution in [2.45, 2.75) is 87.4 Å². The summed E-state index contributed by atoms with van der Waals surface area (Å²) >= 11 is 0. The highest BCUT2D eigenvalue weighted by molar-refractivity contribution is 5.98. The maximum absolute atomic E-state index is 16.5. The van der Waals surface area contributed by atoms with Crippen molar-refractivity contribution in [3.05, 3.63) is 494 Å². The van der Waals surface area contributed by atoms with E-state index in [1.165, 1.54) is 84.0 Å². The van der Waals surface area contributed by atoms with Crippen molar-refractivity contribution in [3.8, 4) is 67.5 Å². The Balaban J connectivity index is 0.715. The third-order valence-electron chi connectivity index (χ3n) is 25.8. The topological polar surface area (TPSA) is 21.7 Å². The molecule has 0 aromatic heterocycles. The van der Waals surface area contributed by atoms with Crippen LogP contribution in [0.15, 0.2) is 377 Å². The molecule has 16 aromatic rings. The average molecular weight is 1540 g/mol. The first-order valence-corrected chi connectivity index (χ1v) is 41.4. The van der Waals surface area contributed by atoms with Gasteiger partial charge in [0.2, 0.25) is 0 Å². The fraction of sp³-hybridized carbons (Fsp3) is 0.123. The Kier molecular flexibility index (Phi) is 18.0. The van der Waals surface area contributed by atoms with Gasteiger partial charge in [-0.25, -0.2) is 8.78 Å². The van der Waals surface area contributed by atoms with Gasteiger partial charge in [0.25, 0.3) is 0 Å². The van der Waals surface area contributed by atoms with Crippen molar-refractivity contribution in [2.75, 3.05) is 4.90 Å². The fourth-order valence-electron chi connectivity index (χ4n) is 20.2. The highest BCUT2D eigenvalue weighted by Gasteiger charge is 2.53. The van der Waals surface area contributed by atoms with Crippen molar-refractivity contribution in [3.63, 3.8) is 0 Å². The van der Waals surface area contributed by atoms with Gasteiger partial charge in [0, 0.05) is 23.0 Å². The number of anilines is 3. The predicted molar refractivity (Wildman–Crippen MR) is 486 cm³/mol. The Hall–Kier alpha value is -13.7. The van der Waals surface area contributed by atoms with Crippen LogP contribution in [-0.4, -0.2) is 0 Å². The lowest BCUT2D eigenvalue weighted by molar-refractivity contribution is 0.482. The van der Waals surface area contributed by atoms with Crippen molar-refractivity contribution in [1.82, 2.24) is 0 Å². The van der Waals surface area contributed by atoms with Crippen LogP contribution in [0, 0.1) is 11.6 Å². The van der Waals surface area contributed by atoms with Gasteiger partial charge in [-0.2, -0.15) is 0 Å². The molecule has 4 unspecified atom stereocenters. The molecule has 0 radical (unpaired) electrons. The summed E-state index contributed by atoms with van der Waals surface area (Å²) in [6.07, 6.45) is 5.04. The number of nitrogens with zero attached hydrogens (tertiary/aromatic N) is 1. The number of ether oxygens (including phenoxy) is 2. The first-order chi connectivity index (χ1) is 57.9. The SMILES string of the molecule is C=Cc1ccc(Oc2ccc(C3(c4ccc(C(C)(C)C)cc4)c4ccccc4-c4ccc(C(CCc5ccc6c(c5)C5(c7ccccc7-6)c6ccccc6-c6ccc(N(c7cccc(F)c7)c7ccc8c(c7)C(c7ccc(Oc9ccc(C=C)cc9)cc7)(c7ccc(C(C)(C)C)cc7)c7ccccc7-8)cc65)c5cccc(F)c5)cc43)cc2)cc1. The Morgan fingerprint density at radius 1 is 0.303 bits per heavy atom. The number of aryl methyl sites for hydroxylation is 1. The van der Waals surface area contributed by atoms with Gasteiger partial charge in [-0.15, -0.1) is 0 Å². The summed E-state index contributed by atoms with van der Waals surface area (Å²) in [4.78, 5) is 2.26. The van der Waals surface area contributed by atoms with Gasteiger partial charge in [-0.1, -0.05) is 328 Å². The van der Waals surface area contributed by atoms with Gasteiger partial charge >= 0.3 is 0 Å². The van der Waals surface area contributed by atoms with E-state index in [4.69, 9.17) is 9.47 Å². The predicted octanol–water partition coefficient (Wildman–Crippen LogP) is 29.7. The van der Waals surface area contributed by atoms with E-state index in [1.807, 2.05) is 78.9 Å². The fourth-order valence-corrected chi connectivity index (χ4v) is 20.2. The molecule has 3 nitrogen and oxygen atoms in total. The van der Waals surface area contributed by atoms with E-state index < -0.39 is 16.2 Å². The number of halogens is 2. The largest absolute Gasteiger partial charge is 0.457 e. The number of benzene rings is 16. The smallest absolute Gasteiger partial charge is 0.127 e. The van der Waals surface area contributed by atoms with Crippen LogP contribution < -0.4 is 14.4 Å². The normalized spacial score (nSPS) is 16.4. The van der Waals surface area contributed by atoms with Crippen molar-refractivity contribution >= 4 is 29.2 Å². The molecule has 0 aliphatic heterocycles. The first kappa shape index (κ1) is 74.1.